The molecule has 5 rings (SSSR count). The van der Waals surface area contributed by atoms with E-state index >= 15 is 0 Å². The van der Waals surface area contributed by atoms with Crippen LogP contribution in [0.15, 0.2) is 47.8 Å². The Labute approximate surface area is 191 Å². The van der Waals surface area contributed by atoms with E-state index in [-0.39, 0.29) is 5.21 Å². The van der Waals surface area contributed by atoms with E-state index in [1.165, 1.54) is 6.33 Å². The van der Waals surface area contributed by atoms with Crippen LogP contribution in [0.3, 0.4) is 0 Å². The maximum atomic E-state index is 13.4. The fourth-order valence-corrected chi connectivity index (χ4v) is 5.94. The van der Waals surface area contributed by atoms with Crippen molar-refractivity contribution in [3.05, 3.63) is 59.6 Å². The Kier molecular flexibility index (Phi) is 4.70. The van der Waals surface area contributed by atoms with Gasteiger partial charge in [-0.2, -0.15) is 9.40 Å². The second-order valence-corrected chi connectivity index (χ2v) is 11.6. The van der Waals surface area contributed by atoms with Crippen molar-refractivity contribution < 1.29 is 13.2 Å². The molecule has 0 fully saturated rings. The molecule has 0 N–H and O–H groups in total. The molecule has 0 saturated heterocycles. The average Bonchev–Trinajstić information content (AvgIpc) is 3.26. The number of hydrogen-bond acceptors (Lipinski definition) is 5. The van der Waals surface area contributed by atoms with Gasteiger partial charge in [0.1, 0.15) is 43.5 Å². The molecular formula is C20H24B4N4O3S. The molecular weight excluding hydrogens is 420 g/mol. The van der Waals surface area contributed by atoms with Gasteiger partial charge in [0.05, 0.1) is 4.90 Å². The smallest absolute Gasteiger partial charge is 0.243 e. The van der Waals surface area contributed by atoms with Crippen LogP contribution in [0.25, 0.3) is 11.2 Å². The molecule has 0 saturated carbocycles. The Morgan fingerprint density at radius 1 is 1.16 bits per heavy atom. The molecule has 0 radical (unpaired) electrons. The zero-order chi connectivity index (χ0) is 22.9. The molecule has 12 heteroatoms. The van der Waals surface area contributed by atoms with E-state index in [4.69, 9.17) is 4.74 Å². The number of sulfonamides is 1. The monoisotopic (exact) mass is 444 g/mol. The molecule has 2 aliphatic rings. The lowest BCUT2D eigenvalue weighted by Gasteiger charge is -2.34. The Morgan fingerprint density at radius 3 is 2.66 bits per heavy atom. The fraction of sp³-hybridized carbons (Fsp3) is 0.300. The first-order chi connectivity index (χ1) is 15.0. The number of aromatic nitrogens is 3. The number of nitrogens with zero attached hydrogens (tertiary/aromatic N) is 4. The molecule has 2 aliphatic heterocycles. The van der Waals surface area contributed by atoms with Crippen LogP contribution in [0.1, 0.15) is 23.1 Å². The number of pyridine rings is 1. The third-order valence-electron chi connectivity index (χ3n) is 7.27. The van der Waals surface area contributed by atoms with Crippen LogP contribution in [-0.2, 0) is 15.2 Å². The van der Waals surface area contributed by atoms with Crippen LogP contribution in [-0.4, -0.2) is 77.2 Å². The van der Waals surface area contributed by atoms with Gasteiger partial charge in [0, 0.05) is 24.7 Å². The van der Waals surface area contributed by atoms with Gasteiger partial charge in [-0.05, 0) is 65.1 Å². The molecule has 3 aromatic rings. The number of benzene rings is 1. The van der Waals surface area contributed by atoms with Gasteiger partial charge in [0.25, 0.3) is 0 Å². The van der Waals surface area contributed by atoms with E-state index in [0.29, 0.717) is 24.4 Å². The second-order valence-electron chi connectivity index (χ2n) is 9.67. The van der Waals surface area contributed by atoms with Gasteiger partial charge in [-0.25, -0.2) is 17.9 Å². The van der Waals surface area contributed by atoms with E-state index in [1.807, 2.05) is 41.0 Å². The summed E-state index contributed by atoms with van der Waals surface area (Å²) in [4.78, 5) is 4.55. The zero-order valence-corrected chi connectivity index (χ0v) is 19.9. The van der Waals surface area contributed by atoms with Crippen molar-refractivity contribution in [2.45, 2.75) is 28.9 Å². The van der Waals surface area contributed by atoms with Crippen molar-refractivity contribution >= 4 is 52.6 Å². The van der Waals surface area contributed by atoms with Gasteiger partial charge in [0.15, 0.2) is 5.65 Å². The first-order valence-corrected chi connectivity index (χ1v) is 12.3. The van der Waals surface area contributed by atoms with E-state index in [0.717, 1.165) is 33.7 Å². The number of hydrogen-bond donors (Lipinski definition) is 0. The van der Waals surface area contributed by atoms with Gasteiger partial charge in [-0.1, -0.05) is 6.08 Å². The maximum absolute atomic E-state index is 13.4. The van der Waals surface area contributed by atoms with E-state index < -0.39 is 15.4 Å². The molecule has 4 heterocycles. The maximum Gasteiger partial charge on any atom is 0.243 e. The van der Waals surface area contributed by atoms with Crippen molar-refractivity contribution in [1.82, 2.24) is 18.9 Å². The third-order valence-corrected chi connectivity index (χ3v) is 9.13. The minimum atomic E-state index is -3.61. The Balaban J connectivity index is 1.43. The van der Waals surface area contributed by atoms with Crippen molar-refractivity contribution in [2.24, 2.45) is 0 Å². The van der Waals surface area contributed by atoms with Crippen molar-refractivity contribution in [3.8, 4) is 5.75 Å². The fourth-order valence-electron chi connectivity index (χ4n) is 4.53. The highest BCUT2D eigenvalue weighted by atomic mass is 32.2. The van der Waals surface area contributed by atoms with Crippen LogP contribution < -0.4 is 4.74 Å². The summed E-state index contributed by atoms with van der Waals surface area (Å²) >= 11 is 0. The minimum absolute atomic E-state index is 0.291. The summed E-state index contributed by atoms with van der Waals surface area (Å²) in [5.74, 6) is 0.763. The lowest BCUT2D eigenvalue weighted by molar-refractivity contribution is 0.258. The number of aryl methyl sites for hydroxylation is 1. The number of fused-ring (bicyclic) bond motifs is 2. The van der Waals surface area contributed by atoms with Crippen molar-refractivity contribution in [3.63, 3.8) is 0 Å². The largest absolute Gasteiger partial charge is 0.506 e. The molecule has 2 aromatic heterocycles. The van der Waals surface area contributed by atoms with Crippen molar-refractivity contribution in [2.75, 3.05) is 13.1 Å². The highest BCUT2D eigenvalue weighted by molar-refractivity contribution is 7.89. The van der Waals surface area contributed by atoms with Gasteiger partial charge >= 0.3 is 0 Å². The van der Waals surface area contributed by atoms with Crippen LogP contribution in [0.5, 0.6) is 5.75 Å². The van der Waals surface area contributed by atoms with Crippen LogP contribution >= 0.6 is 0 Å². The molecule has 1 aromatic carbocycles. The predicted molar refractivity (Wildman–Crippen MR) is 135 cm³/mol. The second kappa shape index (κ2) is 7.02. The number of rotatable bonds is 3. The van der Waals surface area contributed by atoms with Crippen LogP contribution in [0.2, 0.25) is 0 Å². The first kappa shape index (κ1) is 21.4. The summed E-state index contributed by atoms with van der Waals surface area (Å²) in [5.41, 5.74) is 5.07. The molecule has 32 heavy (non-hydrogen) atoms. The predicted octanol–water partition coefficient (Wildman–Crippen LogP) is -1.75. The van der Waals surface area contributed by atoms with Gasteiger partial charge in [-0.3, -0.25) is 0 Å². The summed E-state index contributed by atoms with van der Waals surface area (Å²) in [6.07, 6.45) is 6.16. The minimum Gasteiger partial charge on any atom is -0.506 e. The molecule has 0 atom stereocenters. The molecule has 7 nitrogen and oxygen atoms in total. The van der Waals surface area contributed by atoms with E-state index in [1.54, 1.807) is 27.0 Å². The lowest BCUT2D eigenvalue weighted by Crippen LogP contribution is -2.53. The SMILES string of the molecule is BC1(B)Oc2ccc(S(=O)(=O)N3CC=C(c4cn5ncnc5cc4C)CC3)cc2C1(B)B. The summed E-state index contributed by atoms with van der Waals surface area (Å²) in [7, 11) is 4.66. The number of ether oxygens (including phenoxy) is 1. The molecule has 160 valence electrons. The summed E-state index contributed by atoms with van der Waals surface area (Å²) in [6, 6.07) is 7.25. The van der Waals surface area contributed by atoms with E-state index in [2.05, 4.69) is 25.8 Å². The lowest BCUT2D eigenvalue weighted by atomic mass is 9.34. The van der Waals surface area contributed by atoms with Crippen molar-refractivity contribution in [1.29, 1.82) is 0 Å². The summed E-state index contributed by atoms with van der Waals surface area (Å²) < 4.78 is 36.3. The Bertz CT molecular complexity index is 1380. The highest BCUT2D eigenvalue weighted by Gasteiger charge is 2.47. The third kappa shape index (κ3) is 3.15. The average molecular weight is 444 g/mol. The van der Waals surface area contributed by atoms with Gasteiger partial charge in [-0.15, -0.1) is 0 Å². The first-order valence-electron chi connectivity index (χ1n) is 10.8. The highest BCUT2D eigenvalue weighted by Crippen LogP contribution is 2.44. The topological polar surface area (TPSA) is 76.8 Å². The molecule has 0 aliphatic carbocycles. The normalized spacial score (nSPS) is 20.0. The van der Waals surface area contributed by atoms with Gasteiger partial charge < -0.3 is 4.74 Å². The summed E-state index contributed by atoms with van der Waals surface area (Å²) in [6.45, 7) is 2.82. The summed E-state index contributed by atoms with van der Waals surface area (Å²) in [5, 5.41) is 3.53. The van der Waals surface area contributed by atoms with Gasteiger partial charge in [0.2, 0.25) is 10.0 Å². The Morgan fingerprint density at radius 2 is 1.94 bits per heavy atom. The standard InChI is InChI=1S/C20H24B4N4O3S/c1-12-8-18-25-11-26-28(18)10-15(12)13-4-6-27(7-5-13)32(29,30)14-2-3-17-16(9-14)19(21,22)20(23,24)31-17/h2-4,8-11H,5-7,21-24H2,1H3. The quantitative estimate of drug-likeness (QED) is 0.449. The molecule has 0 spiro atoms. The van der Waals surface area contributed by atoms with E-state index in [9.17, 15) is 8.42 Å². The molecule has 0 unspecified atom stereocenters. The zero-order valence-electron chi connectivity index (χ0n) is 19.1. The van der Waals surface area contributed by atoms with Crippen LogP contribution in [0.4, 0.5) is 0 Å². The Hall–Kier alpha value is -2.45. The molecule has 0 amide bonds. The van der Waals surface area contributed by atoms with Crippen LogP contribution in [0, 0.1) is 6.92 Å². The molecule has 0 bridgehead atoms.